The molecule has 1 rings (SSSR count). The van der Waals surface area contributed by atoms with Crippen LogP contribution in [0.4, 0.5) is 0 Å². The summed E-state index contributed by atoms with van der Waals surface area (Å²) < 4.78 is 0. The van der Waals surface area contributed by atoms with Crippen molar-refractivity contribution < 1.29 is 19.8 Å². The summed E-state index contributed by atoms with van der Waals surface area (Å²) in [5, 5.41) is 18.1. The molecule has 0 aliphatic rings. The minimum Gasteiger partial charge on any atom is -0.481 e. The number of rotatable bonds is 15. The summed E-state index contributed by atoms with van der Waals surface area (Å²) in [7, 11) is 0. The van der Waals surface area contributed by atoms with Crippen LogP contribution < -0.4 is 0 Å². The molecule has 0 heterocycles. The highest BCUT2D eigenvalue weighted by molar-refractivity contribution is 5.70. The lowest BCUT2D eigenvalue weighted by Gasteiger charge is -2.13. The highest BCUT2D eigenvalue weighted by Crippen LogP contribution is 2.18. The molecule has 1 aromatic rings. The van der Waals surface area contributed by atoms with Gasteiger partial charge in [0, 0.05) is 6.42 Å². The second-order valence-electron chi connectivity index (χ2n) is 7.21. The highest BCUT2D eigenvalue weighted by atomic mass is 16.4. The molecule has 1 atom stereocenters. The van der Waals surface area contributed by atoms with Crippen molar-refractivity contribution in [1.82, 2.24) is 0 Å². The van der Waals surface area contributed by atoms with Crippen LogP contribution in [0.25, 0.3) is 0 Å². The zero-order valence-electron chi connectivity index (χ0n) is 16.1. The number of hydrogen-bond donors (Lipinski definition) is 2. The lowest BCUT2D eigenvalue weighted by molar-refractivity contribution is -0.142. The first-order valence-corrected chi connectivity index (χ1v) is 10.0. The molecule has 0 aliphatic heterocycles. The summed E-state index contributed by atoms with van der Waals surface area (Å²) in [5.74, 6) is -1.75. The minimum atomic E-state index is -0.729. The van der Waals surface area contributed by atoms with E-state index < -0.39 is 11.9 Å². The van der Waals surface area contributed by atoms with E-state index >= 15 is 0 Å². The third kappa shape index (κ3) is 10.2. The van der Waals surface area contributed by atoms with E-state index in [1.165, 1.54) is 18.4 Å². The second kappa shape index (κ2) is 13.4. The molecule has 4 nitrogen and oxygen atoms in total. The van der Waals surface area contributed by atoms with Gasteiger partial charge in [0.2, 0.25) is 0 Å². The molecule has 0 spiro atoms. The first-order chi connectivity index (χ1) is 12.5. The number of carboxylic acids is 2. The van der Waals surface area contributed by atoms with Crippen molar-refractivity contribution in [2.45, 2.75) is 84.0 Å². The van der Waals surface area contributed by atoms with Crippen LogP contribution in [0.3, 0.4) is 0 Å². The quantitative estimate of drug-likeness (QED) is 0.405. The molecule has 4 heteroatoms. The van der Waals surface area contributed by atoms with Gasteiger partial charge in [-0.1, -0.05) is 69.7 Å². The SMILES string of the molecule is CCCCc1ccc(CC(CCCCCCCCC(=O)O)C(=O)O)cc1. The highest BCUT2D eigenvalue weighted by Gasteiger charge is 2.17. The number of carboxylic acid groups (broad SMARTS) is 2. The Hall–Kier alpha value is -1.84. The number of carbonyl (C=O) groups is 2. The monoisotopic (exact) mass is 362 g/mol. The molecule has 2 N–H and O–H groups in total. The van der Waals surface area contributed by atoms with Crippen LogP contribution in [-0.2, 0) is 22.4 Å². The van der Waals surface area contributed by atoms with Crippen molar-refractivity contribution in [2.24, 2.45) is 5.92 Å². The van der Waals surface area contributed by atoms with Crippen LogP contribution in [-0.4, -0.2) is 22.2 Å². The molecule has 0 fully saturated rings. The fourth-order valence-electron chi connectivity index (χ4n) is 3.19. The lowest BCUT2D eigenvalue weighted by atomic mass is 9.92. The standard InChI is InChI=1S/C22H34O4/c1-2-3-10-18-13-15-19(16-14-18)17-20(22(25)26)11-8-6-4-5-7-9-12-21(23)24/h13-16,20H,2-12,17H2,1H3,(H,23,24)(H,25,26). The molecule has 26 heavy (non-hydrogen) atoms. The second-order valence-corrected chi connectivity index (χ2v) is 7.21. The van der Waals surface area contributed by atoms with Crippen molar-refractivity contribution in [3.8, 4) is 0 Å². The number of unbranched alkanes of at least 4 members (excludes halogenated alkanes) is 6. The molecule has 0 amide bonds. The van der Waals surface area contributed by atoms with E-state index in [4.69, 9.17) is 5.11 Å². The Balaban J connectivity index is 2.26. The molecule has 0 aromatic heterocycles. The van der Waals surface area contributed by atoms with Crippen LogP contribution in [0.15, 0.2) is 24.3 Å². The number of benzene rings is 1. The Morgan fingerprint density at radius 1 is 0.846 bits per heavy atom. The fraction of sp³-hybridized carbons (Fsp3) is 0.636. The Bertz CT molecular complexity index is 521. The summed E-state index contributed by atoms with van der Waals surface area (Å²) >= 11 is 0. The normalized spacial score (nSPS) is 12.0. The van der Waals surface area contributed by atoms with Crippen LogP contribution in [0.5, 0.6) is 0 Å². The zero-order valence-corrected chi connectivity index (χ0v) is 16.1. The molecule has 0 bridgehead atoms. The van der Waals surface area contributed by atoms with Crippen molar-refractivity contribution in [2.75, 3.05) is 0 Å². The molecule has 0 saturated heterocycles. The average molecular weight is 363 g/mol. The van der Waals surface area contributed by atoms with Crippen LogP contribution in [0.1, 0.15) is 82.3 Å². The number of aryl methyl sites for hydroxylation is 1. The van der Waals surface area contributed by atoms with Gasteiger partial charge in [-0.3, -0.25) is 9.59 Å². The first kappa shape index (κ1) is 22.2. The van der Waals surface area contributed by atoms with Crippen LogP contribution in [0.2, 0.25) is 0 Å². The Kier molecular flexibility index (Phi) is 11.4. The van der Waals surface area contributed by atoms with Crippen molar-refractivity contribution in [3.05, 3.63) is 35.4 Å². The van der Waals surface area contributed by atoms with Gasteiger partial charge >= 0.3 is 11.9 Å². The summed E-state index contributed by atoms with van der Waals surface area (Å²) in [4.78, 5) is 22.0. The Labute approximate surface area is 157 Å². The van der Waals surface area contributed by atoms with Gasteiger partial charge in [-0.05, 0) is 43.2 Å². The molecule has 0 saturated carbocycles. The maximum atomic E-state index is 11.5. The topological polar surface area (TPSA) is 74.6 Å². The van der Waals surface area contributed by atoms with Gasteiger partial charge < -0.3 is 10.2 Å². The molecular weight excluding hydrogens is 328 g/mol. The predicted molar refractivity (Wildman–Crippen MR) is 104 cm³/mol. The van der Waals surface area contributed by atoms with Crippen LogP contribution >= 0.6 is 0 Å². The van der Waals surface area contributed by atoms with Gasteiger partial charge in [0.25, 0.3) is 0 Å². The maximum Gasteiger partial charge on any atom is 0.306 e. The van der Waals surface area contributed by atoms with E-state index in [0.29, 0.717) is 12.8 Å². The third-order valence-corrected chi connectivity index (χ3v) is 4.87. The number of aliphatic carboxylic acids is 2. The van der Waals surface area contributed by atoms with Gasteiger partial charge in [0.1, 0.15) is 0 Å². The van der Waals surface area contributed by atoms with Gasteiger partial charge in [-0.15, -0.1) is 0 Å². The molecular formula is C22H34O4. The van der Waals surface area contributed by atoms with E-state index in [1.807, 2.05) is 0 Å². The summed E-state index contributed by atoms with van der Waals surface area (Å²) in [6.07, 6.45) is 10.7. The molecule has 1 aromatic carbocycles. The van der Waals surface area contributed by atoms with E-state index in [2.05, 4.69) is 31.2 Å². The minimum absolute atomic E-state index is 0.248. The summed E-state index contributed by atoms with van der Waals surface area (Å²) in [5.41, 5.74) is 2.43. The smallest absolute Gasteiger partial charge is 0.306 e. The van der Waals surface area contributed by atoms with Gasteiger partial charge in [-0.25, -0.2) is 0 Å². The molecule has 0 aliphatic carbocycles. The van der Waals surface area contributed by atoms with Gasteiger partial charge in [0.05, 0.1) is 5.92 Å². The van der Waals surface area contributed by atoms with E-state index in [1.54, 1.807) is 0 Å². The van der Waals surface area contributed by atoms with Crippen LogP contribution in [0, 0.1) is 5.92 Å². The largest absolute Gasteiger partial charge is 0.481 e. The van der Waals surface area contributed by atoms with Crippen molar-refractivity contribution in [3.63, 3.8) is 0 Å². The molecule has 0 radical (unpaired) electrons. The van der Waals surface area contributed by atoms with Crippen molar-refractivity contribution in [1.29, 1.82) is 0 Å². The predicted octanol–water partition coefficient (Wildman–Crippen LogP) is 5.48. The molecule has 146 valence electrons. The summed E-state index contributed by atoms with van der Waals surface area (Å²) in [6, 6.07) is 8.40. The van der Waals surface area contributed by atoms with E-state index in [-0.39, 0.29) is 12.3 Å². The third-order valence-electron chi connectivity index (χ3n) is 4.87. The fourth-order valence-corrected chi connectivity index (χ4v) is 3.19. The maximum absolute atomic E-state index is 11.5. The molecule has 1 unspecified atom stereocenters. The van der Waals surface area contributed by atoms with Gasteiger partial charge in [-0.2, -0.15) is 0 Å². The summed E-state index contributed by atoms with van der Waals surface area (Å²) in [6.45, 7) is 2.18. The lowest BCUT2D eigenvalue weighted by Crippen LogP contribution is -2.16. The first-order valence-electron chi connectivity index (χ1n) is 10.0. The Morgan fingerprint density at radius 2 is 1.42 bits per heavy atom. The van der Waals surface area contributed by atoms with E-state index in [9.17, 15) is 14.7 Å². The van der Waals surface area contributed by atoms with Gasteiger partial charge in [0.15, 0.2) is 0 Å². The zero-order chi connectivity index (χ0) is 19.2. The Morgan fingerprint density at radius 3 is 2.00 bits per heavy atom. The average Bonchev–Trinajstić information content (AvgIpc) is 2.61. The number of hydrogen-bond acceptors (Lipinski definition) is 2. The van der Waals surface area contributed by atoms with Crippen molar-refractivity contribution >= 4 is 11.9 Å². The van der Waals surface area contributed by atoms with E-state index in [0.717, 1.165) is 50.5 Å².